The van der Waals surface area contributed by atoms with E-state index >= 15 is 0 Å². The maximum atomic E-state index is 15.0. The van der Waals surface area contributed by atoms with Crippen molar-refractivity contribution in [3.05, 3.63) is 126 Å². The minimum absolute atomic E-state index is 0.00533. The van der Waals surface area contributed by atoms with Crippen LogP contribution in [0.2, 0.25) is 0 Å². The summed E-state index contributed by atoms with van der Waals surface area (Å²) < 4.78 is 0. The van der Waals surface area contributed by atoms with Gasteiger partial charge in [-0.25, -0.2) is 4.98 Å². The van der Waals surface area contributed by atoms with Gasteiger partial charge in [-0.15, -0.1) is 0 Å². The van der Waals surface area contributed by atoms with E-state index in [0.717, 1.165) is 10.9 Å². The van der Waals surface area contributed by atoms with Crippen LogP contribution in [-0.2, 0) is 73.6 Å². The minimum Gasteiger partial charge on any atom is -0.481 e. The molecule has 10 atom stereocenters. The summed E-state index contributed by atoms with van der Waals surface area (Å²) in [5, 5.41) is 32.0. The van der Waals surface area contributed by atoms with E-state index in [1.165, 1.54) is 12.5 Å². The Morgan fingerprint density at radius 2 is 1.00 bits per heavy atom. The molecule has 0 aliphatic heterocycles. The van der Waals surface area contributed by atoms with Crippen molar-refractivity contribution in [1.29, 1.82) is 0 Å². The summed E-state index contributed by atoms with van der Waals surface area (Å²) >= 11 is 0. The lowest BCUT2D eigenvalue weighted by molar-refractivity contribution is -0.140. The van der Waals surface area contributed by atoms with Crippen LogP contribution in [0.3, 0.4) is 0 Å². The van der Waals surface area contributed by atoms with Crippen LogP contribution in [0.15, 0.2) is 109 Å². The van der Waals surface area contributed by atoms with E-state index < -0.39 is 126 Å². The number of carbonyl (C=O) groups excluding carboxylic acids is 9. The fraction of sp³-hybridized carbons (Fsp3) is 0.460. The highest BCUT2D eigenvalue weighted by Crippen LogP contribution is 2.20. The fourth-order valence-electron chi connectivity index (χ4n) is 10.1. The average Bonchev–Trinajstić information content (AvgIpc) is 2.30. The van der Waals surface area contributed by atoms with E-state index in [0.29, 0.717) is 60.9 Å². The third kappa shape index (κ3) is 24.2. The number of para-hydroxylation sites is 1. The van der Waals surface area contributed by atoms with Gasteiger partial charge in [0.1, 0.15) is 48.3 Å². The number of amides is 9. The number of guanidine groups is 1. The molecule has 5 rings (SSSR count). The van der Waals surface area contributed by atoms with Crippen LogP contribution in [-0.4, -0.2) is 159 Å². The third-order valence-electron chi connectivity index (χ3n) is 15.5. The Balaban J connectivity index is 1.44. The van der Waals surface area contributed by atoms with Crippen LogP contribution in [0.5, 0.6) is 0 Å². The largest absolute Gasteiger partial charge is 0.481 e. The molecule has 2 aromatic heterocycles. The first-order valence-electron chi connectivity index (χ1n) is 30.9. The van der Waals surface area contributed by atoms with E-state index in [2.05, 4.69) is 62.5 Å². The lowest BCUT2D eigenvalue weighted by Gasteiger charge is -2.30. The van der Waals surface area contributed by atoms with E-state index in [4.69, 9.17) is 34.4 Å². The highest BCUT2D eigenvalue weighted by atomic mass is 16.4. The Morgan fingerprint density at radius 1 is 0.533 bits per heavy atom. The monoisotopic (exact) mass is 1270 g/mol. The number of carboxylic acid groups (broad SMARTS) is 1. The molecule has 0 unspecified atom stereocenters. The lowest BCUT2D eigenvalue weighted by Crippen LogP contribution is -2.62. The second kappa shape index (κ2) is 38.1. The molecule has 23 N–H and O–H groups in total. The maximum Gasteiger partial charge on any atom is 0.305 e. The summed E-state index contributed by atoms with van der Waals surface area (Å²) in [7, 11) is 0. The lowest BCUT2D eigenvalue weighted by atomic mass is 9.96. The average molecular weight is 1280 g/mol. The highest BCUT2D eigenvalue weighted by molar-refractivity contribution is 5.99. The van der Waals surface area contributed by atoms with E-state index in [-0.39, 0.29) is 70.5 Å². The third-order valence-corrected chi connectivity index (χ3v) is 15.5. The molecule has 3 aromatic carbocycles. The Bertz CT molecular complexity index is 3230. The van der Waals surface area contributed by atoms with Gasteiger partial charge in [-0.3, -0.25) is 52.9 Å². The molecule has 0 fully saturated rings. The number of imidazole rings is 1. The van der Waals surface area contributed by atoms with Crippen LogP contribution in [0.4, 0.5) is 0 Å². The standard InChI is InChI=1S/C63H90N18O11/c1-3-37(2)53(81-61(91)49(30-39-19-8-5-9-20-39)78-59(89)50(31-40-34-72-44-23-11-10-21-42(40)44)77-55(85)43(66)22-16-28-71-63(68)69)62(92)80-48(29-38-17-6-4-7-18-38)58(88)79-51(32-41-35-70-36-73-41)60(90)75-45(24-12-14-26-64)56(86)74-46(25-13-15-27-65)57(87)76-47(54(67)84)33-52(82)83/h4-11,17-21,23,34-37,43,45-51,53,72H,3,12-16,22,24-33,64-66H2,1-2H3,(H2,67,84)(H,70,73)(H,74,86)(H,75,90)(H,76,87)(H,77,85)(H,78,89)(H,79,88)(H,80,92)(H,81,91)(H,82,83)(H4,68,69,71)/t37-,43-,45-,46-,47-,48+,49+,50+,51-,53-/m0/s1. The number of nitrogens with two attached hydrogens (primary N) is 6. The number of fused-ring (bicyclic) bond motifs is 1. The quantitative estimate of drug-likeness (QED) is 0.0123. The summed E-state index contributed by atoms with van der Waals surface area (Å²) in [5.41, 5.74) is 37.3. The number of benzene rings is 3. The number of nitrogens with zero attached hydrogens (tertiary/aromatic N) is 2. The number of carboxylic acids is 1. The Hall–Kier alpha value is -9.74. The predicted octanol–water partition coefficient (Wildman–Crippen LogP) is -1.32. The number of aromatic nitrogens is 3. The second-order valence-electron chi connectivity index (χ2n) is 22.6. The van der Waals surface area contributed by atoms with Crippen molar-refractivity contribution in [3.63, 3.8) is 0 Å². The smallest absolute Gasteiger partial charge is 0.305 e. The molecule has 5 aromatic rings. The number of rotatable bonds is 41. The van der Waals surface area contributed by atoms with Gasteiger partial charge in [0.15, 0.2) is 5.96 Å². The van der Waals surface area contributed by atoms with E-state index in [9.17, 15) is 53.1 Å². The number of aromatic amines is 2. The summed E-state index contributed by atoms with van der Waals surface area (Å²) in [4.78, 5) is 154. The Labute approximate surface area is 533 Å². The molecule has 29 heteroatoms. The van der Waals surface area contributed by atoms with Crippen molar-refractivity contribution >= 4 is 76.0 Å². The number of H-pyrrole nitrogens is 2. The van der Waals surface area contributed by atoms with Gasteiger partial charge >= 0.3 is 5.97 Å². The van der Waals surface area contributed by atoms with Crippen molar-refractivity contribution < 1.29 is 53.1 Å². The van der Waals surface area contributed by atoms with Crippen molar-refractivity contribution in [2.45, 2.75) is 158 Å². The number of primary amides is 1. The normalized spacial score (nSPS) is 14.4. The van der Waals surface area contributed by atoms with Crippen LogP contribution >= 0.6 is 0 Å². The molecule has 0 saturated heterocycles. The summed E-state index contributed by atoms with van der Waals surface area (Å²) in [6.45, 7) is 4.23. The molecule has 92 heavy (non-hydrogen) atoms. The number of hydrogen-bond donors (Lipinski definition) is 17. The SMILES string of the molecule is CC[C@H](C)[C@H](NC(=O)[C@@H](Cc1ccccc1)NC(=O)[C@@H](Cc1c[nH]c2ccccc12)NC(=O)[C@@H](N)CCCN=C(N)N)C(=O)N[C@H](Cc1ccccc1)C(=O)N[C@@H](Cc1cnc[nH]1)C(=O)N[C@@H](CCCCN)C(=O)N[C@@H](CCCCN)C(=O)N[C@@H](CC(=O)O)C(N)=O. The van der Waals surface area contributed by atoms with Crippen molar-refractivity contribution in [2.24, 2.45) is 45.3 Å². The van der Waals surface area contributed by atoms with Crippen molar-refractivity contribution in [1.82, 2.24) is 57.5 Å². The van der Waals surface area contributed by atoms with Crippen molar-refractivity contribution in [2.75, 3.05) is 19.6 Å². The molecule has 9 amide bonds. The highest BCUT2D eigenvalue weighted by Gasteiger charge is 2.37. The molecule has 0 saturated carbocycles. The van der Waals surface area contributed by atoms with E-state index in [1.807, 2.05) is 24.3 Å². The number of hydrogen-bond acceptors (Lipinski definition) is 15. The molecule has 0 aliphatic carbocycles. The molecule has 29 nitrogen and oxygen atoms in total. The molecule has 498 valence electrons. The Morgan fingerprint density at radius 3 is 1.50 bits per heavy atom. The minimum atomic E-state index is -1.61. The van der Waals surface area contributed by atoms with Gasteiger partial charge in [0.25, 0.3) is 0 Å². The zero-order chi connectivity index (χ0) is 67.1. The van der Waals surface area contributed by atoms with Crippen LogP contribution in [0, 0.1) is 5.92 Å². The van der Waals surface area contributed by atoms with Crippen molar-refractivity contribution in [3.8, 4) is 0 Å². The topological polar surface area (TPSA) is 500 Å². The first-order valence-corrected chi connectivity index (χ1v) is 30.9. The predicted molar refractivity (Wildman–Crippen MR) is 345 cm³/mol. The first-order chi connectivity index (χ1) is 44.1. The fourth-order valence-corrected chi connectivity index (χ4v) is 10.1. The zero-order valence-corrected chi connectivity index (χ0v) is 52.0. The van der Waals surface area contributed by atoms with Gasteiger partial charge in [0.05, 0.1) is 18.8 Å². The van der Waals surface area contributed by atoms with Crippen LogP contribution in [0.1, 0.15) is 100 Å². The van der Waals surface area contributed by atoms with E-state index in [1.54, 1.807) is 80.7 Å². The Kier molecular flexibility index (Phi) is 30.2. The molecule has 0 bridgehead atoms. The van der Waals surface area contributed by atoms with Gasteiger partial charge in [0.2, 0.25) is 53.2 Å². The first kappa shape index (κ1) is 73.0. The van der Waals surface area contributed by atoms with Gasteiger partial charge in [-0.1, -0.05) is 99.1 Å². The number of carbonyl (C=O) groups is 10. The summed E-state index contributed by atoms with van der Waals surface area (Å²) in [5.74, 6) is -9.57. The van der Waals surface area contributed by atoms with Crippen LogP contribution in [0.25, 0.3) is 10.9 Å². The zero-order valence-electron chi connectivity index (χ0n) is 52.0. The van der Waals surface area contributed by atoms with Gasteiger partial charge < -0.3 is 92.0 Å². The molecule has 0 spiro atoms. The molecular weight excluding hydrogens is 1180 g/mol. The number of aliphatic carboxylic acids is 1. The molecule has 0 radical (unpaired) electrons. The summed E-state index contributed by atoms with van der Waals surface area (Å²) in [6, 6.07) is 12.8. The number of unbranched alkanes of at least 4 members (excludes halogenated alkanes) is 2. The number of aliphatic imine (C=N–C) groups is 1. The van der Waals surface area contributed by atoms with Crippen LogP contribution < -0.4 is 76.9 Å². The van der Waals surface area contributed by atoms with Gasteiger partial charge in [-0.05, 0) is 93.1 Å². The summed E-state index contributed by atoms with van der Waals surface area (Å²) in [6.07, 6.45) is 5.72. The maximum absolute atomic E-state index is 15.0. The van der Waals surface area contributed by atoms with Gasteiger partial charge in [-0.2, -0.15) is 0 Å². The molecule has 0 aliphatic rings. The molecule has 2 heterocycles. The number of nitrogens with one attached hydrogen (secondary N) is 10. The van der Waals surface area contributed by atoms with Gasteiger partial charge in [0, 0.05) is 61.2 Å². The second-order valence-corrected chi connectivity index (χ2v) is 22.6. The molecular formula is C63H90N18O11.